The van der Waals surface area contributed by atoms with E-state index in [1.165, 1.54) is 24.5 Å². The molecule has 20 heavy (non-hydrogen) atoms. The Kier molecular flexibility index (Phi) is 4.49. The van der Waals surface area contributed by atoms with Gasteiger partial charge in [-0.1, -0.05) is 6.07 Å². The lowest BCUT2D eigenvalue weighted by Gasteiger charge is -2.10. The van der Waals surface area contributed by atoms with Crippen LogP contribution in [0.4, 0.5) is 4.39 Å². The Labute approximate surface area is 124 Å². The van der Waals surface area contributed by atoms with Crippen LogP contribution in [0.2, 0.25) is 0 Å². The summed E-state index contributed by atoms with van der Waals surface area (Å²) in [5.41, 5.74) is 0.614. The van der Waals surface area contributed by atoms with Gasteiger partial charge in [0.25, 0.3) is 0 Å². The van der Waals surface area contributed by atoms with Crippen LogP contribution in [0, 0.1) is 5.82 Å². The molecule has 2 rings (SSSR count). The molecule has 0 atom stereocenters. The summed E-state index contributed by atoms with van der Waals surface area (Å²) in [5, 5.41) is 0. The molecule has 0 saturated carbocycles. The highest BCUT2D eigenvalue weighted by molar-refractivity contribution is 9.10. The minimum absolute atomic E-state index is 0.0111. The fourth-order valence-electron chi connectivity index (χ4n) is 1.71. The summed E-state index contributed by atoms with van der Waals surface area (Å²) >= 11 is 3.09. The zero-order valence-electron chi connectivity index (χ0n) is 11.1. The first-order valence-corrected chi connectivity index (χ1v) is 6.88. The number of nitrogens with zero attached hydrogens (tertiary/aromatic N) is 1. The van der Waals surface area contributed by atoms with Crippen LogP contribution in [0.1, 0.15) is 29.8 Å². The number of pyridine rings is 1. The van der Waals surface area contributed by atoms with Gasteiger partial charge in [0.05, 0.1) is 16.8 Å². The molecular formula is C15H13BrFNO2. The molecule has 0 radical (unpaired) electrons. The van der Waals surface area contributed by atoms with E-state index in [0.717, 1.165) is 0 Å². The lowest BCUT2D eigenvalue weighted by Crippen LogP contribution is -2.08. The Balaban J connectivity index is 2.36. The Morgan fingerprint density at radius 3 is 2.80 bits per heavy atom. The van der Waals surface area contributed by atoms with Crippen molar-refractivity contribution in [2.75, 3.05) is 0 Å². The molecule has 0 aliphatic heterocycles. The molecule has 0 spiro atoms. The number of carbonyl (C=O) groups excluding carboxylic acids is 1. The molecular weight excluding hydrogens is 325 g/mol. The number of aromatic nitrogens is 1. The fraction of sp³-hybridized carbons (Fsp3) is 0.200. The molecule has 0 aliphatic carbocycles. The van der Waals surface area contributed by atoms with Crippen LogP contribution in [0.15, 0.2) is 41.1 Å². The lowest BCUT2D eigenvalue weighted by molar-refractivity contribution is 0.103. The third kappa shape index (κ3) is 3.22. The molecule has 0 fully saturated rings. The van der Waals surface area contributed by atoms with Crippen molar-refractivity contribution in [2.24, 2.45) is 0 Å². The average molecular weight is 338 g/mol. The van der Waals surface area contributed by atoms with Gasteiger partial charge in [-0.2, -0.15) is 0 Å². The molecule has 1 aromatic heterocycles. The summed E-state index contributed by atoms with van der Waals surface area (Å²) < 4.78 is 19.1. The van der Waals surface area contributed by atoms with Crippen molar-refractivity contribution in [1.82, 2.24) is 4.98 Å². The highest BCUT2D eigenvalue weighted by atomic mass is 79.9. The second-order valence-electron chi connectivity index (χ2n) is 4.51. The van der Waals surface area contributed by atoms with Crippen molar-refractivity contribution in [3.05, 3.63) is 58.1 Å². The third-order valence-electron chi connectivity index (χ3n) is 2.54. The molecule has 0 bridgehead atoms. The number of ketones is 1. The Hall–Kier alpha value is -1.75. The second kappa shape index (κ2) is 6.13. The van der Waals surface area contributed by atoms with Crippen molar-refractivity contribution in [1.29, 1.82) is 0 Å². The van der Waals surface area contributed by atoms with Crippen molar-refractivity contribution in [3.8, 4) is 5.75 Å². The van der Waals surface area contributed by atoms with Crippen LogP contribution >= 0.6 is 15.9 Å². The highest BCUT2D eigenvalue weighted by Gasteiger charge is 2.16. The molecule has 1 heterocycles. The molecule has 5 heteroatoms. The molecule has 104 valence electrons. The number of hydrogen-bond acceptors (Lipinski definition) is 3. The van der Waals surface area contributed by atoms with Gasteiger partial charge in [0.2, 0.25) is 0 Å². The van der Waals surface area contributed by atoms with Crippen molar-refractivity contribution < 1.29 is 13.9 Å². The zero-order valence-corrected chi connectivity index (χ0v) is 12.6. The van der Waals surface area contributed by atoms with E-state index in [4.69, 9.17) is 4.74 Å². The predicted molar refractivity (Wildman–Crippen MR) is 77.5 cm³/mol. The van der Waals surface area contributed by atoms with E-state index in [2.05, 4.69) is 20.9 Å². The summed E-state index contributed by atoms with van der Waals surface area (Å²) in [6.45, 7) is 3.77. The van der Waals surface area contributed by atoms with Gasteiger partial charge in [0.1, 0.15) is 11.6 Å². The van der Waals surface area contributed by atoms with Gasteiger partial charge in [-0.3, -0.25) is 9.78 Å². The van der Waals surface area contributed by atoms with E-state index in [1.807, 2.05) is 13.8 Å². The van der Waals surface area contributed by atoms with Crippen molar-refractivity contribution in [2.45, 2.75) is 20.0 Å². The summed E-state index contributed by atoms with van der Waals surface area (Å²) in [4.78, 5) is 16.3. The topological polar surface area (TPSA) is 39.2 Å². The van der Waals surface area contributed by atoms with Gasteiger partial charge in [-0.05, 0) is 48.0 Å². The van der Waals surface area contributed by atoms with Gasteiger partial charge in [-0.25, -0.2) is 4.39 Å². The lowest BCUT2D eigenvalue weighted by atomic mass is 10.0. The Morgan fingerprint density at radius 1 is 1.35 bits per heavy atom. The number of rotatable bonds is 4. The molecule has 3 nitrogen and oxygen atoms in total. The van der Waals surface area contributed by atoms with Crippen LogP contribution in [0.5, 0.6) is 5.75 Å². The van der Waals surface area contributed by atoms with Crippen LogP contribution in [0.25, 0.3) is 0 Å². The van der Waals surface area contributed by atoms with Crippen molar-refractivity contribution >= 4 is 21.7 Å². The first-order valence-electron chi connectivity index (χ1n) is 6.09. The molecule has 0 amide bonds. The summed E-state index contributed by atoms with van der Waals surface area (Å²) in [5.74, 6) is -0.269. The van der Waals surface area contributed by atoms with Crippen LogP contribution < -0.4 is 4.74 Å². The predicted octanol–water partition coefficient (Wildman–Crippen LogP) is 4.00. The van der Waals surface area contributed by atoms with Crippen LogP contribution in [-0.4, -0.2) is 16.9 Å². The summed E-state index contributed by atoms with van der Waals surface area (Å²) in [7, 11) is 0. The molecule has 0 unspecified atom stereocenters. The minimum atomic E-state index is -0.474. The average Bonchev–Trinajstić information content (AvgIpc) is 2.41. The SMILES string of the molecule is CC(C)Oc1cncc(C(=O)c2cccc(F)c2Br)c1. The minimum Gasteiger partial charge on any atom is -0.489 e. The molecule has 0 saturated heterocycles. The largest absolute Gasteiger partial charge is 0.489 e. The van der Waals surface area contributed by atoms with Gasteiger partial charge in [-0.15, -0.1) is 0 Å². The van der Waals surface area contributed by atoms with E-state index in [-0.39, 0.29) is 21.9 Å². The highest BCUT2D eigenvalue weighted by Crippen LogP contribution is 2.24. The summed E-state index contributed by atoms with van der Waals surface area (Å²) in [6.07, 6.45) is 2.97. The quantitative estimate of drug-likeness (QED) is 0.791. The smallest absolute Gasteiger partial charge is 0.195 e. The third-order valence-corrected chi connectivity index (χ3v) is 3.35. The number of hydrogen-bond donors (Lipinski definition) is 0. The van der Waals surface area contributed by atoms with Gasteiger partial charge in [0, 0.05) is 17.3 Å². The second-order valence-corrected chi connectivity index (χ2v) is 5.30. The number of ether oxygens (including phenoxy) is 1. The van der Waals surface area contributed by atoms with Gasteiger partial charge in [0.15, 0.2) is 5.78 Å². The molecule has 1 aromatic carbocycles. The van der Waals surface area contributed by atoms with E-state index in [1.54, 1.807) is 12.1 Å². The van der Waals surface area contributed by atoms with Crippen LogP contribution in [-0.2, 0) is 0 Å². The Bertz CT molecular complexity index is 644. The zero-order chi connectivity index (χ0) is 14.7. The normalized spacial score (nSPS) is 10.7. The monoisotopic (exact) mass is 337 g/mol. The first-order chi connectivity index (χ1) is 9.49. The van der Waals surface area contributed by atoms with Gasteiger partial charge >= 0.3 is 0 Å². The maximum absolute atomic E-state index is 13.5. The van der Waals surface area contributed by atoms with Crippen molar-refractivity contribution in [3.63, 3.8) is 0 Å². The fourth-order valence-corrected chi connectivity index (χ4v) is 2.16. The number of benzene rings is 1. The Morgan fingerprint density at radius 2 is 2.10 bits per heavy atom. The summed E-state index contributed by atoms with van der Waals surface area (Å²) in [6, 6.07) is 5.95. The van der Waals surface area contributed by atoms with E-state index in [9.17, 15) is 9.18 Å². The first kappa shape index (κ1) is 14.7. The maximum Gasteiger partial charge on any atom is 0.195 e. The van der Waals surface area contributed by atoms with Gasteiger partial charge < -0.3 is 4.74 Å². The number of carbonyl (C=O) groups is 1. The van der Waals surface area contributed by atoms with E-state index < -0.39 is 5.82 Å². The molecule has 2 aromatic rings. The maximum atomic E-state index is 13.5. The standard InChI is InChI=1S/C15H13BrFNO2/c1-9(2)20-11-6-10(7-18-8-11)15(19)12-4-3-5-13(17)14(12)16/h3-9H,1-2H3. The van der Waals surface area contributed by atoms with Crippen LogP contribution in [0.3, 0.4) is 0 Å². The molecule has 0 aliphatic rings. The van der Waals surface area contributed by atoms with E-state index in [0.29, 0.717) is 11.3 Å². The van der Waals surface area contributed by atoms with E-state index >= 15 is 0 Å². The number of halogens is 2. The molecule has 0 N–H and O–H groups in total.